The number of ketones is 1. The Labute approximate surface area is 267 Å². The van der Waals surface area contributed by atoms with Gasteiger partial charge < -0.3 is 14.8 Å². The number of nitrogens with zero attached hydrogens (tertiary/aromatic N) is 3. The van der Waals surface area contributed by atoms with E-state index in [4.69, 9.17) is 24.4 Å². The van der Waals surface area contributed by atoms with Gasteiger partial charge in [0.15, 0.2) is 16.6 Å². The van der Waals surface area contributed by atoms with Crippen molar-refractivity contribution in [2.75, 3.05) is 13.7 Å². The second kappa shape index (κ2) is 11.4. The Kier molecular flexibility index (Phi) is 8.02. The van der Waals surface area contributed by atoms with Crippen molar-refractivity contribution in [3.05, 3.63) is 41.4 Å². The molecule has 1 aromatic carbocycles. The number of methoxy groups -OCH3 is 1. The molecule has 0 unspecified atom stereocenters. The number of ether oxygens (including phenoxy) is 2. The molecule has 1 saturated heterocycles. The Balaban J connectivity index is 1.20. The fourth-order valence-corrected chi connectivity index (χ4v) is 8.20. The van der Waals surface area contributed by atoms with Crippen LogP contribution in [0.4, 0.5) is 0 Å². The molecule has 1 aliphatic heterocycles. The highest BCUT2D eigenvalue weighted by Gasteiger charge is 2.62. The lowest BCUT2D eigenvalue weighted by atomic mass is 9.92. The van der Waals surface area contributed by atoms with Crippen LogP contribution in [0.5, 0.6) is 11.6 Å². The SMILES string of the molecule is C=C[C@@H]1C[C@]1(CC(=O)[C@@H]1C[C@@H](Oc2nc(-c3nc(C(C)C)cs3)nc3c(C)c(OC)ccc23)CN1)C(=O)NS(=O)(=O)C1(C)CC1. The Bertz CT molecular complexity index is 1800. The molecule has 240 valence electrons. The first-order valence-corrected chi connectivity index (χ1v) is 17.6. The third kappa shape index (κ3) is 5.74. The highest BCUT2D eigenvalue weighted by atomic mass is 32.2. The number of amides is 1. The summed E-state index contributed by atoms with van der Waals surface area (Å²) in [5.41, 5.74) is 1.41. The lowest BCUT2D eigenvalue weighted by Crippen LogP contribution is -2.44. The van der Waals surface area contributed by atoms with Gasteiger partial charge in [0.25, 0.3) is 0 Å². The van der Waals surface area contributed by atoms with Crippen molar-refractivity contribution in [3.8, 4) is 22.5 Å². The van der Waals surface area contributed by atoms with Crippen molar-refractivity contribution >= 4 is 44.0 Å². The average Bonchev–Trinajstić information content (AvgIpc) is 3.76. The molecule has 2 N–H and O–H groups in total. The van der Waals surface area contributed by atoms with Crippen molar-refractivity contribution in [3.63, 3.8) is 0 Å². The normalized spacial score (nSPS) is 25.2. The number of thiazole rings is 1. The van der Waals surface area contributed by atoms with Crippen molar-refractivity contribution in [2.24, 2.45) is 11.3 Å². The summed E-state index contributed by atoms with van der Waals surface area (Å²) in [5, 5.41) is 6.67. The van der Waals surface area contributed by atoms with Gasteiger partial charge in [-0.05, 0) is 57.1 Å². The quantitative estimate of drug-likeness (QED) is 0.269. The van der Waals surface area contributed by atoms with Crippen LogP contribution in [0.25, 0.3) is 21.7 Å². The second-order valence-electron chi connectivity index (χ2n) is 13.0. The standard InChI is InChI=1S/C32H39N5O6S2/c1-7-19-13-32(19,30(39)37-45(40,41)31(5)10-11-31)14-24(38)22-12-20(15-33-22)43-28-21-8-9-25(42-6)18(4)26(21)35-27(36-28)29-34-23(16-44-29)17(2)3/h7-9,16-17,19-20,22,33H,1,10-15H2,2-6H3,(H,37,39)/t19-,20-,22+,32-/m1/s1. The molecule has 11 nitrogen and oxygen atoms in total. The fraction of sp³-hybridized carbons (Fsp3) is 0.531. The summed E-state index contributed by atoms with van der Waals surface area (Å²) in [6, 6.07) is 3.17. The van der Waals surface area contributed by atoms with E-state index < -0.39 is 32.1 Å². The maximum absolute atomic E-state index is 13.5. The number of carbonyl (C=O) groups is 2. The Morgan fingerprint density at radius 3 is 2.62 bits per heavy atom. The highest BCUT2D eigenvalue weighted by molar-refractivity contribution is 7.91. The molecule has 6 rings (SSSR count). The molecule has 0 radical (unpaired) electrons. The zero-order chi connectivity index (χ0) is 32.3. The van der Waals surface area contributed by atoms with Crippen LogP contribution in [-0.2, 0) is 19.6 Å². The van der Waals surface area contributed by atoms with E-state index in [1.54, 1.807) is 20.1 Å². The van der Waals surface area contributed by atoms with Gasteiger partial charge in [-0.3, -0.25) is 14.3 Å². The molecule has 2 saturated carbocycles. The maximum atomic E-state index is 13.5. The molecular weight excluding hydrogens is 615 g/mol. The van der Waals surface area contributed by atoms with Gasteiger partial charge in [-0.15, -0.1) is 17.9 Å². The topological polar surface area (TPSA) is 149 Å². The van der Waals surface area contributed by atoms with Gasteiger partial charge >= 0.3 is 0 Å². The van der Waals surface area contributed by atoms with Crippen LogP contribution in [0.1, 0.15) is 70.1 Å². The number of hydrogen-bond acceptors (Lipinski definition) is 11. The number of nitrogens with one attached hydrogen (secondary N) is 2. The summed E-state index contributed by atoms with van der Waals surface area (Å²) in [6.07, 6.45) is 2.97. The Morgan fingerprint density at radius 1 is 1.24 bits per heavy atom. The van der Waals surface area contributed by atoms with Gasteiger partial charge in [0.2, 0.25) is 21.8 Å². The van der Waals surface area contributed by atoms with Gasteiger partial charge in [-0.25, -0.2) is 18.4 Å². The third-order valence-electron chi connectivity index (χ3n) is 9.51. The molecule has 13 heteroatoms. The first-order chi connectivity index (χ1) is 21.3. The molecule has 3 fully saturated rings. The number of benzene rings is 1. The molecule has 0 bridgehead atoms. The number of rotatable bonds is 12. The molecule has 2 aliphatic carbocycles. The first-order valence-electron chi connectivity index (χ1n) is 15.2. The van der Waals surface area contributed by atoms with Gasteiger partial charge in [0.05, 0.1) is 39.9 Å². The van der Waals surface area contributed by atoms with Crippen LogP contribution >= 0.6 is 11.3 Å². The van der Waals surface area contributed by atoms with E-state index in [2.05, 4.69) is 30.5 Å². The minimum absolute atomic E-state index is 0.0754. The number of aromatic nitrogens is 3. The average molecular weight is 654 g/mol. The molecular formula is C32H39N5O6S2. The van der Waals surface area contributed by atoms with Crippen molar-refractivity contribution in [1.82, 2.24) is 25.0 Å². The van der Waals surface area contributed by atoms with Gasteiger partial charge in [-0.2, -0.15) is 4.98 Å². The predicted octanol–water partition coefficient (Wildman–Crippen LogP) is 4.45. The number of Topliss-reactive ketones (excluding diaryl/α,β-unsaturated/α-hetero) is 1. The summed E-state index contributed by atoms with van der Waals surface area (Å²) < 4.78 is 38.9. The molecule has 0 spiro atoms. The summed E-state index contributed by atoms with van der Waals surface area (Å²) >= 11 is 1.48. The van der Waals surface area contributed by atoms with Crippen molar-refractivity contribution in [1.29, 1.82) is 0 Å². The molecule has 4 atom stereocenters. The second-order valence-corrected chi connectivity index (χ2v) is 16.1. The minimum Gasteiger partial charge on any atom is -0.496 e. The molecule has 45 heavy (non-hydrogen) atoms. The van der Waals surface area contributed by atoms with Gasteiger partial charge in [-0.1, -0.05) is 19.9 Å². The van der Waals surface area contributed by atoms with E-state index in [1.165, 1.54) is 11.3 Å². The van der Waals surface area contributed by atoms with E-state index in [0.717, 1.165) is 16.6 Å². The van der Waals surface area contributed by atoms with Gasteiger partial charge in [0, 0.05) is 30.3 Å². The summed E-state index contributed by atoms with van der Waals surface area (Å²) in [7, 11) is -2.20. The minimum atomic E-state index is -3.82. The summed E-state index contributed by atoms with van der Waals surface area (Å²) in [5.74, 6) is 0.776. The summed E-state index contributed by atoms with van der Waals surface area (Å²) in [6.45, 7) is 11.9. The maximum Gasteiger partial charge on any atom is 0.240 e. The van der Waals surface area contributed by atoms with E-state index in [9.17, 15) is 18.0 Å². The molecule has 1 amide bonds. The summed E-state index contributed by atoms with van der Waals surface area (Å²) in [4.78, 5) is 41.2. The lowest BCUT2D eigenvalue weighted by Gasteiger charge is -2.20. The molecule has 3 aromatic rings. The zero-order valence-corrected chi connectivity index (χ0v) is 27.8. The van der Waals surface area contributed by atoms with Gasteiger partial charge in [0.1, 0.15) is 11.9 Å². The van der Waals surface area contributed by atoms with E-state index in [-0.39, 0.29) is 30.1 Å². The van der Waals surface area contributed by atoms with Crippen LogP contribution in [0, 0.1) is 18.3 Å². The number of allylic oxidation sites excluding steroid dienone is 1. The van der Waals surface area contributed by atoms with Crippen LogP contribution in [0.3, 0.4) is 0 Å². The largest absolute Gasteiger partial charge is 0.496 e. The predicted molar refractivity (Wildman–Crippen MR) is 172 cm³/mol. The van der Waals surface area contributed by atoms with E-state index in [0.29, 0.717) is 60.2 Å². The lowest BCUT2D eigenvalue weighted by molar-refractivity contribution is -0.130. The Morgan fingerprint density at radius 2 is 2.00 bits per heavy atom. The van der Waals surface area contributed by atoms with E-state index >= 15 is 0 Å². The van der Waals surface area contributed by atoms with Crippen molar-refractivity contribution < 1.29 is 27.5 Å². The van der Waals surface area contributed by atoms with Crippen LogP contribution in [-0.4, -0.2) is 65.6 Å². The number of aryl methyl sites for hydroxylation is 1. The van der Waals surface area contributed by atoms with Crippen molar-refractivity contribution in [2.45, 2.75) is 82.6 Å². The zero-order valence-electron chi connectivity index (χ0n) is 26.2. The first kappa shape index (κ1) is 31.6. The fourth-order valence-electron chi connectivity index (χ4n) is 5.96. The molecule has 3 heterocycles. The number of hydrogen-bond donors (Lipinski definition) is 2. The molecule has 3 aliphatic rings. The number of carbonyl (C=O) groups excluding carboxylic acids is 2. The van der Waals surface area contributed by atoms with Crippen LogP contribution < -0.4 is 19.5 Å². The number of fused-ring (bicyclic) bond motifs is 1. The van der Waals surface area contributed by atoms with Crippen LogP contribution in [0.2, 0.25) is 0 Å². The van der Waals surface area contributed by atoms with E-state index in [1.807, 2.05) is 24.4 Å². The smallest absolute Gasteiger partial charge is 0.240 e. The highest BCUT2D eigenvalue weighted by Crippen LogP contribution is 2.57. The Hall–Kier alpha value is -3.42. The third-order valence-corrected chi connectivity index (χ3v) is 12.5. The monoisotopic (exact) mass is 653 g/mol. The molecule has 2 aromatic heterocycles. The number of sulfonamides is 1. The van der Waals surface area contributed by atoms with Crippen LogP contribution in [0.15, 0.2) is 30.2 Å².